The minimum atomic E-state index is 0.0330. The highest BCUT2D eigenvalue weighted by Crippen LogP contribution is 2.17. The van der Waals surface area contributed by atoms with Crippen molar-refractivity contribution < 1.29 is 4.79 Å². The highest BCUT2D eigenvalue weighted by molar-refractivity contribution is 6.21. The van der Waals surface area contributed by atoms with Crippen molar-refractivity contribution in [2.75, 3.05) is 13.1 Å². The van der Waals surface area contributed by atoms with Crippen LogP contribution >= 0.6 is 11.6 Å². The summed E-state index contributed by atoms with van der Waals surface area (Å²) in [4.78, 5) is 17.8. The number of aromatic nitrogens is 1. The molecule has 2 heterocycles. The van der Waals surface area contributed by atoms with Gasteiger partial charge in [0, 0.05) is 25.0 Å². The number of nitrogens with zero attached hydrogens (tertiary/aromatic N) is 2. The van der Waals surface area contributed by atoms with Gasteiger partial charge in [-0.15, -0.1) is 11.6 Å². The van der Waals surface area contributed by atoms with Crippen molar-refractivity contribution in [2.45, 2.75) is 18.7 Å². The molecule has 0 bridgehead atoms. The average Bonchev–Trinajstić information content (AvgIpc) is 2.65. The Morgan fingerprint density at radius 1 is 1.60 bits per heavy atom. The van der Waals surface area contributed by atoms with Crippen LogP contribution < -0.4 is 0 Å². The maximum Gasteiger partial charge on any atom is 0.255 e. The van der Waals surface area contributed by atoms with Crippen LogP contribution in [0.2, 0.25) is 0 Å². The average molecular weight is 225 g/mol. The van der Waals surface area contributed by atoms with Gasteiger partial charge in [-0.3, -0.25) is 9.78 Å². The van der Waals surface area contributed by atoms with Crippen LogP contribution in [0.15, 0.2) is 18.3 Å². The Labute approximate surface area is 94.1 Å². The lowest BCUT2D eigenvalue weighted by Crippen LogP contribution is -2.28. The third-order valence-electron chi connectivity index (χ3n) is 2.58. The van der Waals surface area contributed by atoms with Gasteiger partial charge in [0.1, 0.15) is 0 Å². The Morgan fingerprint density at radius 3 is 2.93 bits per heavy atom. The molecule has 1 unspecified atom stereocenters. The molecule has 0 spiro atoms. The zero-order chi connectivity index (χ0) is 10.8. The molecular formula is C11H13ClN2O. The number of hydrogen-bond acceptors (Lipinski definition) is 2. The molecule has 0 aliphatic carbocycles. The topological polar surface area (TPSA) is 33.2 Å². The van der Waals surface area contributed by atoms with Crippen molar-refractivity contribution in [1.29, 1.82) is 0 Å². The van der Waals surface area contributed by atoms with Gasteiger partial charge in [-0.2, -0.15) is 0 Å². The van der Waals surface area contributed by atoms with E-state index >= 15 is 0 Å². The maximum absolute atomic E-state index is 11.9. The van der Waals surface area contributed by atoms with E-state index in [9.17, 15) is 4.79 Å². The third-order valence-corrected chi connectivity index (χ3v) is 2.93. The van der Waals surface area contributed by atoms with Crippen molar-refractivity contribution in [1.82, 2.24) is 9.88 Å². The summed E-state index contributed by atoms with van der Waals surface area (Å²) in [5.74, 6) is 0.0330. The number of carbonyl (C=O) groups excluding carboxylic acids is 1. The van der Waals surface area contributed by atoms with Crippen LogP contribution in [-0.4, -0.2) is 34.3 Å². The minimum Gasteiger partial charge on any atom is -0.337 e. The van der Waals surface area contributed by atoms with Gasteiger partial charge in [0.05, 0.1) is 10.9 Å². The first-order valence-corrected chi connectivity index (χ1v) is 5.46. The van der Waals surface area contributed by atoms with Gasteiger partial charge in [0.15, 0.2) is 0 Å². The monoisotopic (exact) mass is 224 g/mol. The van der Waals surface area contributed by atoms with Crippen LogP contribution in [0, 0.1) is 6.92 Å². The van der Waals surface area contributed by atoms with Crippen LogP contribution in [0.1, 0.15) is 22.5 Å². The molecule has 2 rings (SSSR count). The lowest BCUT2D eigenvalue weighted by atomic mass is 10.2. The second kappa shape index (κ2) is 4.19. The molecule has 1 aromatic heterocycles. The molecule has 1 aliphatic rings. The van der Waals surface area contributed by atoms with E-state index in [-0.39, 0.29) is 11.3 Å². The summed E-state index contributed by atoms with van der Waals surface area (Å²) in [6.45, 7) is 3.30. The highest BCUT2D eigenvalue weighted by Gasteiger charge is 2.25. The first-order chi connectivity index (χ1) is 7.16. The Hall–Kier alpha value is -1.09. The van der Waals surface area contributed by atoms with E-state index in [0.29, 0.717) is 12.1 Å². The summed E-state index contributed by atoms with van der Waals surface area (Å²) in [7, 11) is 0. The summed E-state index contributed by atoms with van der Waals surface area (Å²) in [5.41, 5.74) is 1.56. The largest absolute Gasteiger partial charge is 0.337 e. The summed E-state index contributed by atoms with van der Waals surface area (Å²) in [5, 5.41) is 0.104. The number of rotatable bonds is 1. The lowest BCUT2D eigenvalue weighted by molar-refractivity contribution is 0.0792. The minimum absolute atomic E-state index is 0.0330. The summed E-state index contributed by atoms with van der Waals surface area (Å²) in [6, 6.07) is 3.66. The molecule has 1 amide bonds. The number of pyridine rings is 1. The normalized spacial score (nSPS) is 20.7. The number of aryl methyl sites for hydroxylation is 1. The molecule has 0 radical (unpaired) electrons. The number of amides is 1. The van der Waals surface area contributed by atoms with Crippen LogP contribution in [0.25, 0.3) is 0 Å². The van der Waals surface area contributed by atoms with Gasteiger partial charge in [-0.25, -0.2) is 0 Å². The summed E-state index contributed by atoms with van der Waals surface area (Å²) < 4.78 is 0. The standard InChI is InChI=1S/C11H13ClN2O/c1-8-2-3-9(6-13-8)11(15)14-5-4-10(12)7-14/h2-3,6,10H,4-5,7H2,1H3. The molecule has 1 atom stereocenters. The fourth-order valence-electron chi connectivity index (χ4n) is 1.68. The van der Waals surface area contributed by atoms with Gasteiger partial charge in [-0.1, -0.05) is 0 Å². The molecule has 80 valence electrons. The van der Waals surface area contributed by atoms with Gasteiger partial charge < -0.3 is 4.90 Å². The predicted octanol–water partition coefficient (Wildman–Crippen LogP) is 1.84. The van der Waals surface area contributed by atoms with Crippen LogP contribution in [0.5, 0.6) is 0 Å². The van der Waals surface area contributed by atoms with Gasteiger partial charge in [0.25, 0.3) is 5.91 Å². The molecule has 0 N–H and O–H groups in total. The summed E-state index contributed by atoms with van der Waals surface area (Å²) in [6.07, 6.45) is 2.51. The van der Waals surface area contributed by atoms with Crippen LogP contribution in [0.4, 0.5) is 0 Å². The molecule has 1 aromatic rings. The SMILES string of the molecule is Cc1ccc(C(=O)N2CCC(Cl)C2)cn1. The molecule has 15 heavy (non-hydrogen) atoms. The molecular weight excluding hydrogens is 212 g/mol. The van der Waals surface area contributed by atoms with E-state index < -0.39 is 0 Å². The summed E-state index contributed by atoms with van der Waals surface area (Å²) >= 11 is 5.95. The maximum atomic E-state index is 11.9. The zero-order valence-electron chi connectivity index (χ0n) is 8.61. The Kier molecular flexibility index (Phi) is 2.91. The molecule has 0 saturated carbocycles. The second-order valence-electron chi connectivity index (χ2n) is 3.83. The Balaban J connectivity index is 2.11. The quantitative estimate of drug-likeness (QED) is 0.682. The number of carbonyl (C=O) groups is 1. The molecule has 4 heteroatoms. The Bertz CT molecular complexity index is 363. The first-order valence-electron chi connectivity index (χ1n) is 5.03. The van der Waals surface area contributed by atoms with Gasteiger partial charge in [-0.05, 0) is 25.5 Å². The number of alkyl halides is 1. The fraction of sp³-hybridized carbons (Fsp3) is 0.455. The van der Waals surface area contributed by atoms with Gasteiger partial charge in [0.2, 0.25) is 0 Å². The van der Waals surface area contributed by atoms with E-state index in [1.807, 2.05) is 19.1 Å². The van der Waals surface area contributed by atoms with Crippen molar-refractivity contribution in [3.05, 3.63) is 29.6 Å². The first kappa shape index (κ1) is 10.4. The van der Waals surface area contributed by atoms with E-state index in [2.05, 4.69) is 4.98 Å². The van der Waals surface area contributed by atoms with E-state index in [4.69, 9.17) is 11.6 Å². The van der Waals surface area contributed by atoms with Crippen molar-refractivity contribution in [2.24, 2.45) is 0 Å². The molecule has 1 saturated heterocycles. The highest BCUT2D eigenvalue weighted by atomic mass is 35.5. The van der Waals surface area contributed by atoms with E-state index in [1.54, 1.807) is 11.1 Å². The van der Waals surface area contributed by atoms with Crippen molar-refractivity contribution >= 4 is 17.5 Å². The molecule has 3 nitrogen and oxygen atoms in total. The lowest BCUT2D eigenvalue weighted by Gasteiger charge is -2.15. The smallest absolute Gasteiger partial charge is 0.255 e. The molecule has 1 fully saturated rings. The van der Waals surface area contributed by atoms with E-state index in [1.165, 1.54) is 0 Å². The van der Waals surface area contributed by atoms with E-state index in [0.717, 1.165) is 18.7 Å². The molecule has 1 aliphatic heterocycles. The fourth-order valence-corrected chi connectivity index (χ4v) is 1.94. The number of hydrogen-bond donors (Lipinski definition) is 0. The van der Waals surface area contributed by atoms with Crippen molar-refractivity contribution in [3.8, 4) is 0 Å². The van der Waals surface area contributed by atoms with Gasteiger partial charge >= 0.3 is 0 Å². The van der Waals surface area contributed by atoms with Crippen LogP contribution in [0.3, 0.4) is 0 Å². The van der Waals surface area contributed by atoms with Crippen molar-refractivity contribution in [3.63, 3.8) is 0 Å². The number of halogens is 1. The number of likely N-dealkylation sites (tertiary alicyclic amines) is 1. The Morgan fingerprint density at radius 2 is 2.40 bits per heavy atom. The van der Waals surface area contributed by atoms with Crippen LogP contribution in [-0.2, 0) is 0 Å². The second-order valence-corrected chi connectivity index (χ2v) is 4.44. The predicted molar refractivity (Wildman–Crippen MR) is 59.1 cm³/mol. The third kappa shape index (κ3) is 2.29. The zero-order valence-corrected chi connectivity index (χ0v) is 9.37. The molecule has 0 aromatic carbocycles.